The van der Waals surface area contributed by atoms with Crippen LogP contribution in [0.4, 0.5) is 4.39 Å². The molecule has 3 aromatic rings. The molecule has 2 aromatic carbocycles. The van der Waals surface area contributed by atoms with Gasteiger partial charge in [0, 0.05) is 10.9 Å². The second-order valence-electron chi connectivity index (χ2n) is 5.85. The summed E-state index contributed by atoms with van der Waals surface area (Å²) < 4.78 is 19.3. The number of ether oxygens (including phenoxy) is 1. The molecule has 0 spiro atoms. The fourth-order valence-electron chi connectivity index (χ4n) is 2.59. The van der Waals surface area contributed by atoms with Gasteiger partial charge in [0.05, 0.1) is 10.7 Å². The summed E-state index contributed by atoms with van der Waals surface area (Å²) in [6, 6.07) is 13.5. The van der Waals surface area contributed by atoms with Crippen molar-refractivity contribution in [2.24, 2.45) is 0 Å². The predicted molar refractivity (Wildman–Crippen MR) is 99.1 cm³/mol. The Morgan fingerprint density at radius 3 is 2.58 bits per heavy atom. The molecule has 0 aliphatic heterocycles. The van der Waals surface area contributed by atoms with Crippen molar-refractivity contribution >= 4 is 17.3 Å². The van der Waals surface area contributed by atoms with Gasteiger partial charge in [0.15, 0.2) is 6.10 Å². The van der Waals surface area contributed by atoms with Crippen molar-refractivity contribution in [3.8, 4) is 17.0 Å². The highest BCUT2D eigenvalue weighted by atomic mass is 32.1. The quantitative estimate of drug-likeness (QED) is 0.653. The maximum absolute atomic E-state index is 13.7. The van der Waals surface area contributed by atoms with Gasteiger partial charge >= 0.3 is 5.97 Å². The van der Waals surface area contributed by atoms with E-state index in [0.29, 0.717) is 17.7 Å². The third-order valence-electron chi connectivity index (χ3n) is 3.96. The van der Waals surface area contributed by atoms with Crippen LogP contribution in [0, 0.1) is 12.7 Å². The standard InChI is InChI=1S/C20H18FNO3S/c1-13-22-18(12-26-13)15-6-9-16(10-7-15)25-19(20(23)24)11-8-14-4-2-3-5-17(14)21/h2-7,9-10,12,19H,8,11H2,1H3,(H,23,24). The van der Waals surface area contributed by atoms with Gasteiger partial charge < -0.3 is 9.84 Å². The minimum Gasteiger partial charge on any atom is -0.479 e. The van der Waals surface area contributed by atoms with E-state index in [2.05, 4.69) is 4.98 Å². The van der Waals surface area contributed by atoms with Crippen LogP contribution in [-0.4, -0.2) is 22.2 Å². The van der Waals surface area contributed by atoms with Crippen LogP contribution in [0.15, 0.2) is 53.9 Å². The summed E-state index contributed by atoms with van der Waals surface area (Å²) in [5.74, 6) is -0.943. The van der Waals surface area contributed by atoms with E-state index >= 15 is 0 Å². The molecule has 26 heavy (non-hydrogen) atoms. The number of hydrogen-bond donors (Lipinski definition) is 1. The first-order chi connectivity index (χ1) is 12.5. The van der Waals surface area contributed by atoms with Crippen LogP contribution in [0.3, 0.4) is 0 Å². The van der Waals surface area contributed by atoms with Gasteiger partial charge in [0.1, 0.15) is 11.6 Å². The summed E-state index contributed by atoms with van der Waals surface area (Å²) >= 11 is 1.57. The van der Waals surface area contributed by atoms with E-state index in [4.69, 9.17) is 4.74 Å². The van der Waals surface area contributed by atoms with Crippen molar-refractivity contribution in [1.29, 1.82) is 0 Å². The predicted octanol–water partition coefficient (Wildman–Crippen LogP) is 4.72. The lowest BCUT2D eigenvalue weighted by molar-refractivity contribution is -0.145. The van der Waals surface area contributed by atoms with Crippen LogP contribution in [0.25, 0.3) is 11.3 Å². The Balaban J connectivity index is 1.66. The van der Waals surface area contributed by atoms with Crippen molar-refractivity contribution in [3.05, 3.63) is 70.3 Å². The highest BCUT2D eigenvalue weighted by molar-refractivity contribution is 7.09. The first-order valence-corrected chi connectivity index (χ1v) is 9.06. The van der Waals surface area contributed by atoms with Crippen molar-refractivity contribution < 1.29 is 19.0 Å². The first-order valence-electron chi connectivity index (χ1n) is 8.18. The second kappa shape index (κ2) is 8.10. The van der Waals surface area contributed by atoms with Crippen LogP contribution in [0.1, 0.15) is 17.0 Å². The number of aromatic nitrogens is 1. The Hall–Kier alpha value is -2.73. The zero-order valence-electron chi connectivity index (χ0n) is 14.2. The Labute approximate surface area is 154 Å². The summed E-state index contributed by atoms with van der Waals surface area (Å²) in [6.45, 7) is 1.94. The van der Waals surface area contributed by atoms with Crippen LogP contribution in [0.2, 0.25) is 0 Å². The van der Waals surface area contributed by atoms with Crippen LogP contribution < -0.4 is 4.74 Å². The van der Waals surface area contributed by atoms with E-state index in [0.717, 1.165) is 16.3 Å². The maximum Gasteiger partial charge on any atom is 0.344 e. The number of carbonyl (C=O) groups is 1. The van der Waals surface area contributed by atoms with Gasteiger partial charge in [-0.25, -0.2) is 14.2 Å². The van der Waals surface area contributed by atoms with E-state index in [1.54, 1.807) is 41.7 Å². The Morgan fingerprint density at radius 1 is 1.23 bits per heavy atom. The Morgan fingerprint density at radius 2 is 1.96 bits per heavy atom. The van der Waals surface area contributed by atoms with Crippen molar-refractivity contribution in [2.75, 3.05) is 0 Å². The number of aryl methyl sites for hydroxylation is 2. The summed E-state index contributed by atoms with van der Waals surface area (Å²) in [4.78, 5) is 15.9. The molecular weight excluding hydrogens is 353 g/mol. The third-order valence-corrected chi connectivity index (χ3v) is 4.73. The van der Waals surface area contributed by atoms with Gasteiger partial charge in [-0.1, -0.05) is 18.2 Å². The van der Waals surface area contributed by atoms with E-state index in [-0.39, 0.29) is 12.2 Å². The molecule has 1 N–H and O–H groups in total. The van der Waals surface area contributed by atoms with E-state index in [1.807, 2.05) is 24.4 Å². The molecule has 0 aliphatic carbocycles. The highest BCUT2D eigenvalue weighted by Gasteiger charge is 2.20. The topological polar surface area (TPSA) is 59.4 Å². The molecule has 0 saturated carbocycles. The summed E-state index contributed by atoms with van der Waals surface area (Å²) in [7, 11) is 0. The molecule has 134 valence electrons. The van der Waals surface area contributed by atoms with E-state index < -0.39 is 12.1 Å². The Bertz CT molecular complexity index is 892. The van der Waals surface area contributed by atoms with E-state index in [1.165, 1.54) is 6.07 Å². The fraction of sp³-hybridized carbons (Fsp3) is 0.200. The number of benzene rings is 2. The van der Waals surface area contributed by atoms with E-state index in [9.17, 15) is 14.3 Å². The zero-order valence-corrected chi connectivity index (χ0v) is 15.0. The highest BCUT2D eigenvalue weighted by Crippen LogP contribution is 2.25. The normalized spacial score (nSPS) is 11.9. The molecule has 1 unspecified atom stereocenters. The maximum atomic E-state index is 13.7. The smallest absolute Gasteiger partial charge is 0.344 e. The molecule has 6 heteroatoms. The lowest BCUT2D eigenvalue weighted by Crippen LogP contribution is -2.27. The first kappa shape index (κ1) is 18.1. The lowest BCUT2D eigenvalue weighted by atomic mass is 10.1. The van der Waals surface area contributed by atoms with Crippen molar-refractivity contribution in [1.82, 2.24) is 4.98 Å². The average Bonchev–Trinajstić information content (AvgIpc) is 3.06. The average molecular weight is 371 g/mol. The van der Waals surface area contributed by atoms with Gasteiger partial charge in [0.25, 0.3) is 0 Å². The van der Waals surface area contributed by atoms with Crippen LogP contribution in [-0.2, 0) is 11.2 Å². The van der Waals surface area contributed by atoms with Crippen molar-refractivity contribution in [2.45, 2.75) is 25.9 Å². The summed E-state index contributed by atoms with van der Waals surface area (Å²) in [5.41, 5.74) is 2.31. The molecular formula is C20H18FNO3S. The number of carboxylic acids is 1. The summed E-state index contributed by atoms with van der Waals surface area (Å²) in [5, 5.41) is 12.3. The molecule has 0 aliphatic rings. The number of nitrogens with zero attached hydrogens (tertiary/aromatic N) is 1. The number of halogens is 1. The third kappa shape index (κ3) is 4.46. The molecule has 4 nitrogen and oxygen atoms in total. The molecule has 3 rings (SSSR count). The number of rotatable bonds is 7. The lowest BCUT2D eigenvalue weighted by Gasteiger charge is -2.15. The van der Waals surface area contributed by atoms with Gasteiger partial charge in [-0.2, -0.15) is 0 Å². The molecule has 1 heterocycles. The molecule has 0 amide bonds. The van der Waals surface area contributed by atoms with Crippen LogP contribution in [0.5, 0.6) is 5.75 Å². The molecule has 1 atom stereocenters. The minimum absolute atomic E-state index is 0.184. The second-order valence-corrected chi connectivity index (χ2v) is 6.91. The van der Waals surface area contributed by atoms with Gasteiger partial charge in [-0.3, -0.25) is 0 Å². The molecule has 0 fully saturated rings. The minimum atomic E-state index is -1.07. The zero-order chi connectivity index (χ0) is 18.5. The number of hydrogen-bond acceptors (Lipinski definition) is 4. The van der Waals surface area contributed by atoms with Gasteiger partial charge in [-0.15, -0.1) is 11.3 Å². The largest absolute Gasteiger partial charge is 0.479 e. The number of carboxylic acid groups (broad SMARTS) is 1. The van der Waals surface area contributed by atoms with Gasteiger partial charge in [-0.05, 0) is 55.7 Å². The monoisotopic (exact) mass is 371 g/mol. The molecule has 0 bridgehead atoms. The van der Waals surface area contributed by atoms with Crippen LogP contribution >= 0.6 is 11.3 Å². The Kier molecular flexibility index (Phi) is 5.63. The molecule has 0 radical (unpaired) electrons. The molecule has 1 aromatic heterocycles. The number of thiazole rings is 1. The summed E-state index contributed by atoms with van der Waals surface area (Å²) in [6.07, 6.45) is -0.565. The fourth-order valence-corrected chi connectivity index (χ4v) is 3.21. The number of aliphatic carboxylic acids is 1. The van der Waals surface area contributed by atoms with Crippen molar-refractivity contribution in [3.63, 3.8) is 0 Å². The molecule has 0 saturated heterocycles. The SMILES string of the molecule is Cc1nc(-c2ccc(OC(CCc3ccccc3F)C(=O)O)cc2)cs1. The van der Waals surface area contributed by atoms with Gasteiger partial charge in [0.2, 0.25) is 0 Å².